The summed E-state index contributed by atoms with van der Waals surface area (Å²) in [6.45, 7) is 1.63. The van der Waals surface area contributed by atoms with Gasteiger partial charge in [-0.15, -0.1) is 0 Å². The largest absolute Gasteiger partial charge is 0.342 e. The lowest BCUT2D eigenvalue weighted by molar-refractivity contribution is -0.134. The summed E-state index contributed by atoms with van der Waals surface area (Å²) in [5.41, 5.74) is 0.697. The summed E-state index contributed by atoms with van der Waals surface area (Å²) in [5, 5.41) is 0. The van der Waals surface area contributed by atoms with E-state index in [0.29, 0.717) is 11.5 Å². The molecule has 2 fully saturated rings. The Labute approximate surface area is 147 Å². The number of nitrogens with zero attached hydrogens (tertiary/aromatic N) is 3. The van der Waals surface area contributed by atoms with E-state index in [4.69, 9.17) is 0 Å². The number of rotatable bonds is 4. The third kappa shape index (κ3) is 3.32. The van der Waals surface area contributed by atoms with Crippen LogP contribution in [0.1, 0.15) is 36.6 Å². The van der Waals surface area contributed by atoms with Crippen LogP contribution in [0.2, 0.25) is 0 Å². The van der Waals surface area contributed by atoms with Crippen molar-refractivity contribution in [2.45, 2.75) is 31.6 Å². The van der Waals surface area contributed by atoms with Crippen molar-refractivity contribution in [1.82, 2.24) is 14.5 Å². The first-order valence-electron chi connectivity index (χ1n) is 9.13. The number of halogens is 1. The molecule has 25 heavy (non-hydrogen) atoms. The summed E-state index contributed by atoms with van der Waals surface area (Å²) in [6, 6.07) is 6.85. The molecule has 1 saturated heterocycles. The number of aromatic nitrogens is 2. The molecule has 0 unspecified atom stereocenters. The standard InChI is InChI=1S/C20H24FN3O/c1-23-10-8-22-19(23)11-14-5-4-9-24(13-14)20(25)17-12-16(17)15-6-2-3-7-18(15)21/h2-3,6-8,10,14,16-17H,4-5,9,11-13H2,1H3/t14-,16-,17+/m0/s1. The molecule has 1 amide bonds. The molecule has 5 heteroatoms. The second kappa shape index (κ2) is 6.62. The van der Waals surface area contributed by atoms with Crippen LogP contribution in [-0.2, 0) is 18.3 Å². The van der Waals surface area contributed by atoms with Gasteiger partial charge in [0.1, 0.15) is 11.6 Å². The van der Waals surface area contributed by atoms with Gasteiger partial charge in [-0.25, -0.2) is 9.37 Å². The molecule has 4 nitrogen and oxygen atoms in total. The van der Waals surface area contributed by atoms with Crippen molar-refractivity contribution in [2.24, 2.45) is 18.9 Å². The average molecular weight is 341 g/mol. The van der Waals surface area contributed by atoms with Crippen molar-refractivity contribution in [2.75, 3.05) is 13.1 Å². The highest BCUT2D eigenvalue weighted by atomic mass is 19.1. The summed E-state index contributed by atoms with van der Waals surface area (Å²) in [5.74, 6) is 1.58. The number of likely N-dealkylation sites (tertiary alicyclic amines) is 1. The molecular weight excluding hydrogens is 317 g/mol. The predicted molar refractivity (Wildman–Crippen MR) is 93.5 cm³/mol. The van der Waals surface area contributed by atoms with Crippen molar-refractivity contribution < 1.29 is 9.18 Å². The van der Waals surface area contributed by atoms with E-state index in [1.807, 2.05) is 36.5 Å². The van der Waals surface area contributed by atoms with Gasteiger partial charge in [-0.2, -0.15) is 0 Å². The number of benzene rings is 1. The van der Waals surface area contributed by atoms with E-state index in [1.54, 1.807) is 6.07 Å². The lowest BCUT2D eigenvalue weighted by Crippen LogP contribution is -2.41. The molecule has 0 radical (unpaired) electrons. The summed E-state index contributed by atoms with van der Waals surface area (Å²) in [4.78, 5) is 19.3. The van der Waals surface area contributed by atoms with E-state index >= 15 is 0 Å². The highest BCUT2D eigenvalue weighted by Crippen LogP contribution is 2.49. The maximum absolute atomic E-state index is 13.9. The van der Waals surface area contributed by atoms with Crippen LogP contribution in [0.15, 0.2) is 36.7 Å². The third-order valence-corrected chi connectivity index (χ3v) is 5.64. The Morgan fingerprint density at radius 1 is 1.36 bits per heavy atom. The van der Waals surface area contributed by atoms with Crippen LogP contribution in [0.25, 0.3) is 0 Å². The van der Waals surface area contributed by atoms with Gasteiger partial charge in [0.05, 0.1) is 0 Å². The normalized spacial score (nSPS) is 25.8. The summed E-state index contributed by atoms with van der Waals surface area (Å²) in [7, 11) is 2.01. The number of hydrogen-bond donors (Lipinski definition) is 0. The molecule has 0 N–H and O–H groups in total. The maximum Gasteiger partial charge on any atom is 0.226 e. The van der Waals surface area contributed by atoms with Gasteiger partial charge in [-0.05, 0) is 42.7 Å². The molecule has 2 heterocycles. The lowest BCUT2D eigenvalue weighted by Gasteiger charge is -2.33. The molecule has 1 saturated carbocycles. The molecule has 2 aliphatic rings. The fraction of sp³-hybridized carbons (Fsp3) is 0.500. The Bertz CT molecular complexity index is 772. The van der Waals surface area contributed by atoms with Crippen LogP contribution in [0.5, 0.6) is 0 Å². The second-order valence-electron chi connectivity index (χ2n) is 7.42. The van der Waals surface area contributed by atoms with Crippen molar-refractivity contribution in [1.29, 1.82) is 0 Å². The number of amides is 1. The zero-order chi connectivity index (χ0) is 17.4. The Morgan fingerprint density at radius 3 is 2.96 bits per heavy atom. The molecule has 3 atom stereocenters. The molecule has 0 bridgehead atoms. The van der Waals surface area contributed by atoms with E-state index in [9.17, 15) is 9.18 Å². The number of imidazole rings is 1. The van der Waals surface area contributed by atoms with E-state index in [-0.39, 0.29) is 23.6 Å². The van der Waals surface area contributed by atoms with Gasteiger partial charge in [-0.3, -0.25) is 4.79 Å². The summed E-state index contributed by atoms with van der Waals surface area (Å²) < 4.78 is 16.0. The van der Waals surface area contributed by atoms with Crippen LogP contribution in [0, 0.1) is 17.7 Å². The number of carbonyl (C=O) groups excluding carboxylic acids is 1. The zero-order valence-corrected chi connectivity index (χ0v) is 14.6. The SMILES string of the molecule is Cn1ccnc1C[C@@H]1CCCN(C(=O)[C@@H]2C[C@H]2c2ccccc2F)C1. The molecule has 1 aromatic carbocycles. The van der Waals surface area contributed by atoms with Gasteiger partial charge in [0.2, 0.25) is 5.91 Å². The smallest absolute Gasteiger partial charge is 0.226 e. The maximum atomic E-state index is 13.9. The summed E-state index contributed by atoms with van der Waals surface area (Å²) >= 11 is 0. The molecule has 1 aromatic heterocycles. The van der Waals surface area contributed by atoms with Gasteiger partial charge < -0.3 is 9.47 Å². The minimum Gasteiger partial charge on any atom is -0.342 e. The first kappa shape index (κ1) is 16.3. The van der Waals surface area contributed by atoms with E-state index in [1.165, 1.54) is 6.07 Å². The highest BCUT2D eigenvalue weighted by molar-refractivity contribution is 5.83. The first-order valence-corrected chi connectivity index (χ1v) is 9.13. The van der Waals surface area contributed by atoms with E-state index in [0.717, 1.165) is 44.6 Å². The van der Waals surface area contributed by atoms with Gasteiger partial charge in [0.15, 0.2) is 0 Å². The topological polar surface area (TPSA) is 38.1 Å². The number of aryl methyl sites for hydroxylation is 1. The van der Waals surface area contributed by atoms with E-state index < -0.39 is 0 Å². The minimum absolute atomic E-state index is 0.0381. The molecule has 0 spiro atoms. The van der Waals surface area contributed by atoms with Crippen molar-refractivity contribution in [3.05, 3.63) is 53.9 Å². The highest BCUT2D eigenvalue weighted by Gasteiger charge is 2.47. The van der Waals surface area contributed by atoms with Crippen LogP contribution in [0.4, 0.5) is 4.39 Å². The first-order chi connectivity index (χ1) is 12.1. The van der Waals surface area contributed by atoms with Crippen molar-refractivity contribution in [3.63, 3.8) is 0 Å². The van der Waals surface area contributed by atoms with Gasteiger partial charge in [0, 0.05) is 44.9 Å². The monoisotopic (exact) mass is 341 g/mol. The fourth-order valence-electron chi connectivity index (χ4n) is 4.11. The Morgan fingerprint density at radius 2 is 2.20 bits per heavy atom. The summed E-state index contributed by atoms with van der Waals surface area (Å²) in [6.07, 6.45) is 7.65. The van der Waals surface area contributed by atoms with Gasteiger partial charge >= 0.3 is 0 Å². The number of hydrogen-bond acceptors (Lipinski definition) is 2. The van der Waals surface area contributed by atoms with Gasteiger partial charge in [0.25, 0.3) is 0 Å². The Balaban J connectivity index is 1.38. The molecular formula is C20H24FN3O. The lowest BCUT2D eigenvalue weighted by atomic mass is 9.94. The van der Waals surface area contributed by atoms with Crippen LogP contribution in [-0.4, -0.2) is 33.4 Å². The molecule has 132 valence electrons. The molecule has 4 rings (SSSR count). The molecule has 2 aromatic rings. The third-order valence-electron chi connectivity index (χ3n) is 5.64. The number of carbonyl (C=O) groups is 1. The van der Waals surface area contributed by atoms with Gasteiger partial charge in [-0.1, -0.05) is 18.2 Å². The minimum atomic E-state index is -0.186. The molecule has 1 aliphatic carbocycles. The second-order valence-corrected chi connectivity index (χ2v) is 7.42. The fourth-order valence-corrected chi connectivity index (χ4v) is 4.11. The predicted octanol–water partition coefficient (Wildman–Crippen LogP) is 3.14. The molecule has 1 aliphatic heterocycles. The van der Waals surface area contributed by atoms with E-state index in [2.05, 4.69) is 9.55 Å². The quantitative estimate of drug-likeness (QED) is 0.857. The number of piperidine rings is 1. The average Bonchev–Trinajstić information content (AvgIpc) is 3.32. The zero-order valence-electron chi connectivity index (χ0n) is 14.6. The van der Waals surface area contributed by atoms with Crippen LogP contribution in [0.3, 0.4) is 0 Å². The van der Waals surface area contributed by atoms with Crippen LogP contribution >= 0.6 is 0 Å². The van der Waals surface area contributed by atoms with Crippen molar-refractivity contribution >= 4 is 5.91 Å². The van der Waals surface area contributed by atoms with Crippen molar-refractivity contribution in [3.8, 4) is 0 Å². The Hall–Kier alpha value is -2.17. The Kier molecular flexibility index (Phi) is 4.32. The van der Waals surface area contributed by atoms with Crippen LogP contribution < -0.4 is 0 Å².